The molecule has 22 heteroatoms. The molecular formula is C78H60N8O12S2. The molecule has 4 aliphatic heterocycles. The molecule has 5 aromatic rings. The molecule has 496 valence electrons. The van der Waals surface area contributed by atoms with Crippen molar-refractivity contribution in [1.82, 2.24) is 10.3 Å². The predicted octanol–water partition coefficient (Wildman–Crippen LogP) is 11.8. The third kappa shape index (κ3) is 12.3. The lowest BCUT2D eigenvalue weighted by atomic mass is 9.74. The molecule has 0 bridgehead atoms. The number of aliphatic imine (C=N–C) groups is 2. The summed E-state index contributed by atoms with van der Waals surface area (Å²) in [6, 6.07) is 42.2. The van der Waals surface area contributed by atoms with E-state index in [1.165, 1.54) is 0 Å². The summed E-state index contributed by atoms with van der Waals surface area (Å²) in [6.07, 6.45) is 16.4. The van der Waals surface area contributed by atoms with E-state index < -0.39 is 69.5 Å². The molecular weight excluding hydrogens is 1310 g/mol. The Kier molecular flexibility index (Phi) is 18.4. The van der Waals surface area contributed by atoms with Crippen LogP contribution in [0, 0.1) is 69.0 Å². The predicted molar refractivity (Wildman–Crippen MR) is 366 cm³/mol. The summed E-state index contributed by atoms with van der Waals surface area (Å²) in [5.74, 6) is -6.35. The number of ether oxygens (including phenoxy) is 7. The van der Waals surface area contributed by atoms with Crippen molar-refractivity contribution in [2.24, 2.45) is 33.7 Å². The molecule has 100 heavy (non-hydrogen) atoms. The maximum atomic E-state index is 15.6. The molecule has 0 radical (unpaired) electrons. The number of nitrogens with zero attached hydrogens (tertiary/aromatic N) is 7. The number of ketones is 1. The number of fused-ring (bicyclic) bond motifs is 9. The molecule has 7 unspecified atom stereocenters. The number of allylic oxidation sites excluding steroid dienone is 16. The van der Waals surface area contributed by atoms with Crippen molar-refractivity contribution in [3.8, 4) is 24.3 Å². The van der Waals surface area contributed by atoms with Gasteiger partial charge in [-0.25, -0.2) is 29.2 Å². The minimum Gasteiger partial charge on any atom is -0.463 e. The molecule has 20 nitrogen and oxygen atoms in total. The SMILES string of the molecule is CC1=CC=C2C(=C(C#N)C#N)/C(=N/c3nc4c(s3)C3=CC5C=C6OC(C(=O)OCc7ccccc7)(C(=O)OCc7ccccc7)C7NC(/N=C8\C(=O)C9=CCC(C)CC=C9C8=C(C#N)C#N)SC7C6=CC5C=C3OC4(C(=O)OCc3ccccc3)C(=O)OCc3ccccc3)COCC2C1. The smallest absolute Gasteiger partial charge is 0.369 e. The van der Waals surface area contributed by atoms with Gasteiger partial charge in [0.05, 0.1) is 35.1 Å². The molecule has 1 N–H and O–H groups in total. The highest BCUT2D eigenvalue weighted by atomic mass is 32.2. The number of carbonyl (C=O) groups is 5. The van der Waals surface area contributed by atoms with Crippen molar-refractivity contribution >= 4 is 74.9 Å². The number of nitrogens with one attached hydrogen (secondary N) is 1. The average molecular weight is 1370 g/mol. The molecule has 1 aromatic heterocycles. The Bertz CT molecular complexity index is 4710. The molecule has 14 rings (SSSR count). The summed E-state index contributed by atoms with van der Waals surface area (Å²) in [5, 5.41) is 44.2. The highest BCUT2D eigenvalue weighted by molar-refractivity contribution is 8.01. The lowest BCUT2D eigenvalue weighted by Gasteiger charge is -2.45. The summed E-state index contributed by atoms with van der Waals surface area (Å²) in [4.78, 5) is 92.3. The van der Waals surface area contributed by atoms with Crippen LogP contribution in [-0.2, 0) is 89.2 Å². The zero-order valence-corrected chi connectivity index (χ0v) is 55.6. The summed E-state index contributed by atoms with van der Waals surface area (Å²) in [5.41, 5.74) is -1.21. The fraction of sp³-hybridized carbons (Fsp3) is 0.256. The molecule has 1 saturated carbocycles. The summed E-state index contributed by atoms with van der Waals surface area (Å²) in [7, 11) is 0. The minimum absolute atomic E-state index is 0.0138. The molecule has 0 amide bonds. The number of carbonyl (C=O) groups excluding carboxylic acids is 5. The first-order valence-electron chi connectivity index (χ1n) is 32.4. The Labute approximate surface area is 583 Å². The van der Waals surface area contributed by atoms with E-state index in [1.54, 1.807) is 115 Å². The van der Waals surface area contributed by atoms with Crippen LogP contribution >= 0.6 is 23.1 Å². The Balaban J connectivity index is 0.928. The van der Waals surface area contributed by atoms with E-state index in [9.17, 15) is 25.8 Å². The number of benzene rings is 4. The Morgan fingerprint density at radius 3 is 1.74 bits per heavy atom. The van der Waals surface area contributed by atoms with E-state index in [4.69, 9.17) is 48.1 Å². The fourth-order valence-corrected chi connectivity index (χ4v) is 16.1. The third-order valence-corrected chi connectivity index (χ3v) is 20.9. The standard InChI is InChI=1S/C78H60N8O12S2/c1-44-23-27-56-57(28-24-44)66(87)65(64(56)54(36-81)37-82)84-76-86-70-68(100-76)59-31-51-32-61-58(30-50(51)33-62(59)98-78(70,73(90)95-40-48-19-11-5-12-20-48)74(91)96-41-49-21-13-6-14-22-49)67-69(85-75(99-67)83-60-43-92-42-52-29-45(2)25-26-55(52)63(60)53(34-79)35-80)77(97-61,71(88)93-38-46-15-7-3-8-16-46)72(89)94-39-47-17-9-4-10-18-47/h3-22,25-28,30-33,44,50-52,68,70,76,86H,23-24,29,38-43H2,1-2H3/b83-60+,84-65-. The number of rotatable bonds is 14. The number of thioether (sulfide) groups is 1. The number of Topliss-reactive ketones (excluding diaryl/α,β-unsaturated/α-hetero) is 1. The van der Waals surface area contributed by atoms with Crippen molar-refractivity contribution in [1.29, 1.82) is 21.0 Å². The molecule has 7 atom stereocenters. The molecule has 9 aliphatic rings. The van der Waals surface area contributed by atoms with E-state index >= 15 is 19.2 Å². The zero-order valence-electron chi connectivity index (χ0n) is 53.9. The van der Waals surface area contributed by atoms with Gasteiger partial charge in [-0.05, 0) is 77.7 Å². The van der Waals surface area contributed by atoms with Gasteiger partial charge < -0.3 is 33.2 Å². The topological polar surface area (TPSA) is 295 Å². The highest BCUT2D eigenvalue weighted by Crippen LogP contribution is 2.56. The van der Waals surface area contributed by atoms with Gasteiger partial charge in [0.25, 0.3) is 0 Å². The van der Waals surface area contributed by atoms with Gasteiger partial charge in [-0.2, -0.15) is 21.0 Å². The van der Waals surface area contributed by atoms with E-state index in [2.05, 4.69) is 17.5 Å². The lowest BCUT2D eigenvalue weighted by molar-refractivity contribution is -0.194. The van der Waals surface area contributed by atoms with E-state index in [-0.39, 0.29) is 112 Å². The minimum atomic E-state index is -2.77. The van der Waals surface area contributed by atoms with Crippen LogP contribution in [0.4, 0.5) is 5.13 Å². The average Bonchev–Trinajstić information content (AvgIpc) is 1.35. The Morgan fingerprint density at radius 2 is 1.17 bits per heavy atom. The van der Waals surface area contributed by atoms with Crippen LogP contribution < -0.4 is 5.32 Å². The van der Waals surface area contributed by atoms with Gasteiger partial charge in [-0.3, -0.25) is 15.1 Å². The van der Waals surface area contributed by atoms with Gasteiger partial charge in [0.15, 0.2) is 0 Å². The maximum Gasteiger partial charge on any atom is 0.369 e. The van der Waals surface area contributed by atoms with Crippen molar-refractivity contribution in [3.63, 3.8) is 0 Å². The van der Waals surface area contributed by atoms with Crippen molar-refractivity contribution in [2.45, 2.75) is 87.5 Å². The molecule has 5 aliphatic carbocycles. The van der Waals surface area contributed by atoms with Crippen LogP contribution in [-0.4, -0.2) is 81.7 Å². The number of nitriles is 4. The largest absolute Gasteiger partial charge is 0.463 e. The third-order valence-electron chi connectivity index (χ3n) is 18.6. The second-order valence-corrected chi connectivity index (χ2v) is 27.4. The Morgan fingerprint density at radius 1 is 0.640 bits per heavy atom. The van der Waals surface area contributed by atoms with Crippen molar-refractivity contribution in [2.75, 3.05) is 13.2 Å². The van der Waals surface area contributed by atoms with E-state index in [0.29, 0.717) is 69.4 Å². The quantitative estimate of drug-likeness (QED) is 0.0467. The zero-order chi connectivity index (χ0) is 69.2. The number of aromatic nitrogens is 1. The highest BCUT2D eigenvalue weighted by Gasteiger charge is 2.68. The Hall–Kier alpha value is -11.4. The summed E-state index contributed by atoms with van der Waals surface area (Å²) in [6.45, 7) is 3.00. The summed E-state index contributed by atoms with van der Waals surface area (Å²) >= 11 is 2.15. The molecule has 0 spiro atoms. The molecule has 3 saturated heterocycles. The van der Waals surface area contributed by atoms with Gasteiger partial charge in [-0.1, -0.05) is 182 Å². The monoisotopic (exact) mass is 1360 g/mol. The van der Waals surface area contributed by atoms with Crippen molar-refractivity contribution < 1.29 is 57.1 Å². The van der Waals surface area contributed by atoms with Gasteiger partial charge in [-0.15, -0.1) is 11.8 Å². The molecule has 4 fully saturated rings. The number of hydrogen-bond donors (Lipinski definition) is 1. The van der Waals surface area contributed by atoms with Gasteiger partial charge in [0, 0.05) is 45.6 Å². The van der Waals surface area contributed by atoms with Crippen LogP contribution in [0.2, 0.25) is 0 Å². The fourth-order valence-electron chi connectivity index (χ4n) is 13.7. The van der Waals surface area contributed by atoms with Gasteiger partial charge in [0.2, 0.25) is 10.9 Å². The van der Waals surface area contributed by atoms with Gasteiger partial charge in [0.1, 0.15) is 90.3 Å². The van der Waals surface area contributed by atoms with E-state index in [0.717, 1.165) is 28.7 Å². The number of hydrogen-bond acceptors (Lipinski definition) is 22. The first-order valence-corrected chi connectivity index (χ1v) is 34.2. The maximum absolute atomic E-state index is 15.6. The molecule has 5 heterocycles. The normalized spacial score (nSPS) is 24.0. The first kappa shape index (κ1) is 65.9. The van der Waals surface area contributed by atoms with Crippen LogP contribution in [0.3, 0.4) is 0 Å². The van der Waals surface area contributed by atoms with Crippen LogP contribution in [0.1, 0.15) is 65.9 Å². The van der Waals surface area contributed by atoms with Gasteiger partial charge >= 0.3 is 35.1 Å². The lowest BCUT2D eigenvalue weighted by Crippen LogP contribution is -2.67. The summed E-state index contributed by atoms with van der Waals surface area (Å²) < 4.78 is 44.8. The van der Waals surface area contributed by atoms with Crippen molar-refractivity contribution in [3.05, 3.63) is 264 Å². The molecule has 4 aromatic carbocycles. The number of esters is 4. The number of thiazole rings is 1. The van der Waals surface area contributed by atoms with E-state index in [1.807, 2.05) is 80.6 Å². The second-order valence-electron chi connectivity index (χ2n) is 25.2. The van der Waals surface area contributed by atoms with Crippen LogP contribution in [0.25, 0.3) is 5.57 Å². The second kappa shape index (κ2) is 27.9. The van der Waals surface area contributed by atoms with Crippen LogP contribution in [0.15, 0.2) is 242 Å². The first-order chi connectivity index (χ1) is 48.7. The van der Waals surface area contributed by atoms with Crippen LogP contribution in [0.5, 0.6) is 0 Å².